The van der Waals surface area contributed by atoms with Crippen LogP contribution < -0.4 is 5.73 Å². The molecule has 1 aliphatic rings. The number of benzene rings is 1. The molecular formula is C17H27ClN2O2S. The van der Waals surface area contributed by atoms with E-state index in [1.165, 1.54) is 10.5 Å². The molecule has 2 rings (SSSR count). The van der Waals surface area contributed by atoms with Crippen molar-refractivity contribution >= 4 is 30.1 Å². The number of hydrogen-bond acceptors (Lipinski definition) is 4. The molecule has 1 saturated heterocycles. The van der Waals surface area contributed by atoms with Crippen LogP contribution in [0.1, 0.15) is 24.8 Å². The standard InChI is InChI=1S/C17H26N2O2S.ClH/c1-14-5-2-3-6-16(14)22-13-17(20)19-10-7-15(8-11-19)21-12-4-9-18;/h2-3,5-6,15H,4,7-13,18H2,1H3;1H. The van der Waals surface area contributed by atoms with Gasteiger partial charge in [0, 0.05) is 24.6 Å². The maximum atomic E-state index is 12.3. The van der Waals surface area contributed by atoms with Gasteiger partial charge in [0.15, 0.2) is 0 Å². The number of thioether (sulfide) groups is 1. The Labute approximate surface area is 149 Å². The first-order valence-corrected chi connectivity index (χ1v) is 8.97. The summed E-state index contributed by atoms with van der Waals surface area (Å²) >= 11 is 1.63. The predicted molar refractivity (Wildman–Crippen MR) is 98.4 cm³/mol. The molecule has 1 aromatic carbocycles. The molecule has 2 N–H and O–H groups in total. The van der Waals surface area contributed by atoms with Gasteiger partial charge >= 0.3 is 0 Å². The van der Waals surface area contributed by atoms with Gasteiger partial charge in [-0.2, -0.15) is 0 Å². The molecule has 0 aromatic heterocycles. The van der Waals surface area contributed by atoms with Gasteiger partial charge in [0.1, 0.15) is 0 Å². The Hall–Kier alpha value is -0.750. The molecule has 0 radical (unpaired) electrons. The average molecular weight is 359 g/mol. The molecule has 4 nitrogen and oxygen atoms in total. The Kier molecular flexibility index (Phi) is 9.63. The van der Waals surface area contributed by atoms with Crippen molar-refractivity contribution in [3.63, 3.8) is 0 Å². The second-order valence-corrected chi connectivity index (χ2v) is 6.66. The van der Waals surface area contributed by atoms with Crippen LogP contribution in [0.4, 0.5) is 0 Å². The van der Waals surface area contributed by atoms with Gasteiger partial charge in [-0.25, -0.2) is 0 Å². The van der Waals surface area contributed by atoms with Crippen LogP contribution >= 0.6 is 24.2 Å². The third-order valence-corrected chi connectivity index (χ3v) is 5.10. The lowest BCUT2D eigenvalue weighted by Gasteiger charge is -2.32. The van der Waals surface area contributed by atoms with Crippen molar-refractivity contribution in [2.75, 3.05) is 32.0 Å². The van der Waals surface area contributed by atoms with Gasteiger partial charge in [-0.3, -0.25) is 4.79 Å². The van der Waals surface area contributed by atoms with E-state index >= 15 is 0 Å². The van der Waals surface area contributed by atoms with E-state index in [9.17, 15) is 4.79 Å². The lowest BCUT2D eigenvalue weighted by molar-refractivity contribution is -0.130. The fraction of sp³-hybridized carbons (Fsp3) is 0.588. The van der Waals surface area contributed by atoms with Gasteiger partial charge < -0.3 is 15.4 Å². The molecule has 1 aliphatic heterocycles. The third-order valence-electron chi connectivity index (χ3n) is 3.94. The van der Waals surface area contributed by atoms with E-state index in [-0.39, 0.29) is 18.3 Å². The molecule has 0 atom stereocenters. The third kappa shape index (κ3) is 6.71. The number of nitrogens with two attached hydrogens (primary N) is 1. The summed E-state index contributed by atoms with van der Waals surface area (Å²) in [4.78, 5) is 15.5. The monoisotopic (exact) mass is 358 g/mol. The summed E-state index contributed by atoms with van der Waals surface area (Å²) in [5.41, 5.74) is 6.69. The average Bonchev–Trinajstić information content (AvgIpc) is 2.55. The summed E-state index contributed by atoms with van der Waals surface area (Å²) in [7, 11) is 0. The van der Waals surface area contributed by atoms with Crippen molar-refractivity contribution in [1.82, 2.24) is 4.90 Å². The van der Waals surface area contributed by atoms with E-state index in [1.54, 1.807) is 11.8 Å². The number of aryl methyl sites for hydroxylation is 1. The summed E-state index contributed by atoms with van der Waals surface area (Å²) in [5, 5.41) is 0. The molecular weight excluding hydrogens is 332 g/mol. The lowest BCUT2D eigenvalue weighted by Crippen LogP contribution is -2.41. The van der Waals surface area contributed by atoms with E-state index in [0.717, 1.165) is 39.0 Å². The van der Waals surface area contributed by atoms with Crippen LogP contribution in [-0.2, 0) is 9.53 Å². The molecule has 130 valence electrons. The minimum atomic E-state index is 0. The van der Waals surface area contributed by atoms with Crippen molar-refractivity contribution in [2.24, 2.45) is 5.73 Å². The molecule has 0 spiro atoms. The molecule has 0 saturated carbocycles. The Morgan fingerprint density at radius 2 is 2.04 bits per heavy atom. The number of hydrogen-bond donors (Lipinski definition) is 1. The first-order valence-electron chi connectivity index (χ1n) is 7.98. The molecule has 6 heteroatoms. The summed E-state index contributed by atoms with van der Waals surface area (Å²) in [5.74, 6) is 0.748. The fourth-order valence-electron chi connectivity index (χ4n) is 2.55. The van der Waals surface area contributed by atoms with E-state index in [2.05, 4.69) is 19.1 Å². The van der Waals surface area contributed by atoms with Crippen molar-refractivity contribution in [3.05, 3.63) is 29.8 Å². The summed E-state index contributed by atoms with van der Waals surface area (Å²) in [6, 6.07) is 8.20. The summed E-state index contributed by atoms with van der Waals surface area (Å²) in [6.07, 6.45) is 3.07. The number of rotatable bonds is 7. The molecule has 23 heavy (non-hydrogen) atoms. The number of amides is 1. The van der Waals surface area contributed by atoms with Crippen molar-refractivity contribution < 1.29 is 9.53 Å². The first kappa shape index (κ1) is 20.3. The van der Waals surface area contributed by atoms with Crippen LogP contribution in [0.15, 0.2) is 29.2 Å². The second kappa shape index (κ2) is 10.9. The normalized spacial score (nSPS) is 15.3. The molecule has 1 aromatic rings. The van der Waals surface area contributed by atoms with Gasteiger partial charge in [-0.05, 0) is 44.4 Å². The predicted octanol–water partition coefficient (Wildman–Crippen LogP) is 2.87. The van der Waals surface area contributed by atoms with E-state index in [1.807, 2.05) is 17.0 Å². The number of carbonyl (C=O) groups excluding carboxylic acids is 1. The maximum Gasteiger partial charge on any atom is 0.232 e. The molecule has 1 amide bonds. The molecule has 0 aliphatic carbocycles. The van der Waals surface area contributed by atoms with E-state index in [4.69, 9.17) is 10.5 Å². The topological polar surface area (TPSA) is 55.6 Å². The minimum Gasteiger partial charge on any atom is -0.378 e. The maximum absolute atomic E-state index is 12.3. The highest BCUT2D eigenvalue weighted by Gasteiger charge is 2.23. The zero-order valence-electron chi connectivity index (χ0n) is 13.7. The summed E-state index contributed by atoms with van der Waals surface area (Å²) < 4.78 is 5.77. The Bertz CT molecular complexity index is 479. The zero-order chi connectivity index (χ0) is 15.8. The van der Waals surface area contributed by atoms with Gasteiger partial charge in [0.2, 0.25) is 5.91 Å². The number of ether oxygens (including phenoxy) is 1. The number of piperidine rings is 1. The zero-order valence-corrected chi connectivity index (χ0v) is 15.3. The Morgan fingerprint density at radius 3 is 2.70 bits per heavy atom. The first-order chi connectivity index (χ1) is 10.7. The van der Waals surface area contributed by atoms with Gasteiger partial charge in [0.05, 0.1) is 11.9 Å². The van der Waals surface area contributed by atoms with Gasteiger partial charge in [0.25, 0.3) is 0 Å². The second-order valence-electron chi connectivity index (χ2n) is 5.65. The van der Waals surface area contributed by atoms with Crippen LogP contribution in [-0.4, -0.2) is 48.9 Å². The van der Waals surface area contributed by atoms with Crippen molar-refractivity contribution in [2.45, 2.75) is 37.2 Å². The smallest absolute Gasteiger partial charge is 0.232 e. The fourth-order valence-corrected chi connectivity index (χ4v) is 3.49. The highest BCUT2D eigenvalue weighted by molar-refractivity contribution is 8.00. The highest BCUT2D eigenvalue weighted by Crippen LogP contribution is 2.23. The van der Waals surface area contributed by atoms with Crippen LogP contribution in [0.3, 0.4) is 0 Å². The number of likely N-dealkylation sites (tertiary alicyclic amines) is 1. The van der Waals surface area contributed by atoms with E-state index in [0.29, 0.717) is 18.4 Å². The minimum absolute atomic E-state index is 0. The van der Waals surface area contributed by atoms with Crippen molar-refractivity contribution in [3.8, 4) is 0 Å². The number of halogens is 1. The van der Waals surface area contributed by atoms with Crippen LogP contribution in [0.25, 0.3) is 0 Å². The summed E-state index contributed by atoms with van der Waals surface area (Å²) in [6.45, 7) is 5.10. The number of nitrogens with zero attached hydrogens (tertiary/aromatic N) is 1. The van der Waals surface area contributed by atoms with Crippen LogP contribution in [0.2, 0.25) is 0 Å². The Balaban J connectivity index is 0.00000264. The Morgan fingerprint density at radius 1 is 1.35 bits per heavy atom. The molecule has 1 fully saturated rings. The van der Waals surface area contributed by atoms with Crippen molar-refractivity contribution in [1.29, 1.82) is 0 Å². The largest absolute Gasteiger partial charge is 0.378 e. The molecule has 0 bridgehead atoms. The number of carbonyl (C=O) groups is 1. The van der Waals surface area contributed by atoms with Crippen LogP contribution in [0.5, 0.6) is 0 Å². The van der Waals surface area contributed by atoms with Crippen LogP contribution in [0, 0.1) is 6.92 Å². The van der Waals surface area contributed by atoms with E-state index < -0.39 is 0 Å². The van der Waals surface area contributed by atoms with Gasteiger partial charge in [-0.1, -0.05) is 18.2 Å². The quantitative estimate of drug-likeness (QED) is 0.601. The SMILES string of the molecule is Cc1ccccc1SCC(=O)N1CCC(OCCCN)CC1.Cl. The van der Waals surface area contributed by atoms with Gasteiger partial charge in [-0.15, -0.1) is 24.2 Å². The highest BCUT2D eigenvalue weighted by atomic mass is 35.5. The lowest BCUT2D eigenvalue weighted by atomic mass is 10.1. The molecule has 1 heterocycles. The molecule has 0 unspecified atom stereocenters.